The molecule has 0 atom stereocenters. The normalized spacial score (nSPS) is 10.9. The zero-order chi connectivity index (χ0) is 12.5. The highest BCUT2D eigenvalue weighted by molar-refractivity contribution is 7.99. The molecule has 6 nitrogen and oxygen atoms in total. The minimum absolute atomic E-state index is 0.634. The predicted molar refractivity (Wildman–Crippen MR) is 69.2 cm³/mol. The lowest BCUT2D eigenvalue weighted by molar-refractivity contribution is 0.964. The second-order valence-electron chi connectivity index (χ2n) is 3.76. The average Bonchev–Trinajstić information content (AvgIpc) is 2.76. The van der Waals surface area contributed by atoms with Gasteiger partial charge in [-0.05, 0) is 36.9 Å². The van der Waals surface area contributed by atoms with E-state index in [2.05, 4.69) is 25.1 Å². The molecule has 0 aliphatic rings. The van der Waals surface area contributed by atoms with E-state index in [-0.39, 0.29) is 0 Å². The topological polar surface area (TPSA) is 93.4 Å². The fourth-order valence-corrected chi connectivity index (χ4v) is 2.41. The fraction of sp³-hybridized carbons (Fsp3) is 0.0909. The second-order valence-corrected chi connectivity index (χ2v) is 4.72. The van der Waals surface area contributed by atoms with Crippen molar-refractivity contribution < 1.29 is 0 Å². The van der Waals surface area contributed by atoms with Crippen LogP contribution in [0.1, 0.15) is 5.82 Å². The van der Waals surface area contributed by atoms with Gasteiger partial charge in [0.2, 0.25) is 5.16 Å². The third-order valence-corrected chi connectivity index (χ3v) is 3.27. The summed E-state index contributed by atoms with van der Waals surface area (Å²) in [5, 5.41) is 9.21. The first kappa shape index (κ1) is 11.0. The number of aromatic amines is 1. The molecule has 0 saturated carbocycles. The molecule has 90 valence electrons. The van der Waals surface area contributed by atoms with E-state index < -0.39 is 0 Å². The average molecular weight is 258 g/mol. The molecule has 2 heterocycles. The zero-order valence-electron chi connectivity index (χ0n) is 9.58. The van der Waals surface area contributed by atoms with E-state index in [1.807, 2.05) is 25.1 Å². The Morgan fingerprint density at radius 3 is 2.94 bits per heavy atom. The van der Waals surface area contributed by atoms with Gasteiger partial charge in [0.25, 0.3) is 0 Å². The summed E-state index contributed by atoms with van der Waals surface area (Å²) in [6.45, 7) is 1.85. The van der Waals surface area contributed by atoms with Gasteiger partial charge in [0.15, 0.2) is 0 Å². The van der Waals surface area contributed by atoms with Crippen LogP contribution in [0.5, 0.6) is 0 Å². The molecule has 0 fully saturated rings. The Labute approximate surface area is 107 Å². The Morgan fingerprint density at radius 1 is 1.28 bits per heavy atom. The smallest absolute Gasteiger partial charge is 0.214 e. The molecule has 0 amide bonds. The van der Waals surface area contributed by atoms with Gasteiger partial charge in [0, 0.05) is 11.1 Å². The number of benzene rings is 1. The van der Waals surface area contributed by atoms with Gasteiger partial charge in [-0.1, -0.05) is 0 Å². The van der Waals surface area contributed by atoms with Gasteiger partial charge in [-0.2, -0.15) is 0 Å². The number of fused-ring (bicyclic) bond motifs is 1. The summed E-state index contributed by atoms with van der Waals surface area (Å²) in [4.78, 5) is 12.7. The number of nitrogens with zero attached hydrogens (tertiary/aromatic N) is 4. The van der Waals surface area contributed by atoms with E-state index in [4.69, 9.17) is 5.73 Å². The van der Waals surface area contributed by atoms with Gasteiger partial charge in [-0.15, -0.1) is 5.10 Å². The number of aromatic nitrogens is 5. The molecule has 3 aromatic rings. The molecule has 0 aliphatic carbocycles. The molecular weight excluding hydrogens is 248 g/mol. The lowest BCUT2D eigenvalue weighted by Crippen LogP contribution is -1.90. The molecule has 3 rings (SSSR count). The van der Waals surface area contributed by atoms with E-state index in [1.54, 1.807) is 0 Å². The number of anilines is 1. The molecule has 18 heavy (non-hydrogen) atoms. The van der Waals surface area contributed by atoms with Crippen molar-refractivity contribution >= 4 is 28.4 Å². The molecule has 0 radical (unpaired) electrons. The molecule has 0 bridgehead atoms. The number of rotatable bonds is 2. The van der Waals surface area contributed by atoms with Crippen molar-refractivity contribution in [2.24, 2.45) is 0 Å². The Kier molecular flexibility index (Phi) is 2.60. The van der Waals surface area contributed by atoms with Crippen LogP contribution in [0.4, 0.5) is 5.69 Å². The predicted octanol–water partition coefficient (Wildman–Crippen LogP) is 1.79. The lowest BCUT2D eigenvalue weighted by atomic mass is 10.2. The summed E-state index contributed by atoms with van der Waals surface area (Å²) < 4.78 is 0. The first-order chi connectivity index (χ1) is 8.72. The minimum Gasteiger partial charge on any atom is -0.399 e. The fourth-order valence-electron chi connectivity index (χ4n) is 1.59. The van der Waals surface area contributed by atoms with Crippen LogP contribution in [0, 0.1) is 6.92 Å². The molecule has 3 N–H and O–H groups in total. The first-order valence-electron chi connectivity index (χ1n) is 5.29. The standard InChI is InChI=1S/C11H10N6S/c1-6-15-11(17-16-6)18-10-8-4-7(12)2-3-9(8)13-5-14-10/h2-5H,12H2,1H3,(H,15,16,17). The van der Waals surface area contributed by atoms with E-state index in [9.17, 15) is 0 Å². The first-order valence-corrected chi connectivity index (χ1v) is 6.11. The Bertz CT molecular complexity index is 708. The monoisotopic (exact) mass is 258 g/mol. The van der Waals surface area contributed by atoms with Crippen molar-refractivity contribution in [3.05, 3.63) is 30.4 Å². The van der Waals surface area contributed by atoms with Crippen molar-refractivity contribution in [2.45, 2.75) is 17.1 Å². The van der Waals surface area contributed by atoms with Gasteiger partial charge >= 0.3 is 0 Å². The zero-order valence-corrected chi connectivity index (χ0v) is 10.4. The Hall–Kier alpha value is -2.15. The molecule has 0 spiro atoms. The van der Waals surface area contributed by atoms with Crippen LogP contribution in [-0.2, 0) is 0 Å². The number of nitrogen functional groups attached to an aromatic ring is 1. The summed E-state index contributed by atoms with van der Waals surface area (Å²) in [5.41, 5.74) is 7.33. The summed E-state index contributed by atoms with van der Waals surface area (Å²) in [6.07, 6.45) is 1.53. The van der Waals surface area contributed by atoms with Crippen molar-refractivity contribution in [1.29, 1.82) is 0 Å². The van der Waals surface area contributed by atoms with Crippen LogP contribution < -0.4 is 5.73 Å². The van der Waals surface area contributed by atoms with E-state index in [0.29, 0.717) is 10.8 Å². The number of nitrogens with one attached hydrogen (secondary N) is 1. The Balaban J connectivity index is 2.08. The number of nitrogens with two attached hydrogens (primary N) is 1. The molecule has 2 aromatic heterocycles. The van der Waals surface area contributed by atoms with Gasteiger partial charge in [-0.3, -0.25) is 5.10 Å². The molecule has 0 unspecified atom stereocenters. The molecule has 0 aliphatic heterocycles. The third kappa shape index (κ3) is 2.00. The maximum absolute atomic E-state index is 5.79. The number of hydrogen-bond donors (Lipinski definition) is 2. The van der Waals surface area contributed by atoms with Crippen molar-refractivity contribution in [1.82, 2.24) is 25.1 Å². The van der Waals surface area contributed by atoms with Gasteiger partial charge in [0.1, 0.15) is 17.2 Å². The van der Waals surface area contributed by atoms with Gasteiger partial charge in [0.05, 0.1) is 5.52 Å². The summed E-state index contributed by atoms with van der Waals surface area (Å²) >= 11 is 1.39. The number of H-pyrrole nitrogens is 1. The molecule has 1 aromatic carbocycles. The van der Waals surface area contributed by atoms with Crippen molar-refractivity contribution in [3.8, 4) is 0 Å². The maximum atomic E-state index is 5.79. The maximum Gasteiger partial charge on any atom is 0.214 e. The summed E-state index contributed by atoms with van der Waals surface area (Å²) in [7, 11) is 0. The minimum atomic E-state index is 0.634. The van der Waals surface area contributed by atoms with E-state index in [1.165, 1.54) is 18.1 Å². The third-order valence-electron chi connectivity index (χ3n) is 2.39. The van der Waals surface area contributed by atoms with Crippen molar-refractivity contribution in [2.75, 3.05) is 5.73 Å². The van der Waals surface area contributed by atoms with Crippen LogP contribution in [0.3, 0.4) is 0 Å². The molecule has 7 heteroatoms. The highest BCUT2D eigenvalue weighted by Crippen LogP contribution is 2.29. The summed E-state index contributed by atoms with van der Waals surface area (Å²) in [5.74, 6) is 0.773. The van der Waals surface area contributed by atoms with Crippen LogP contribution in [0.15, 0.2) is 34.7 Å². The van der Waals surface area contributed by atoms with E-state index >= 15 is 0 Å². The number of hydrogen-bond acceptors (Lipinski definition) is 6. The van der Waals surface area contributed by atoms with E-state index in [0.717, 1.165) is 21.8 Å². The van der Waals surface area contributed by atoms with Crippen LogP contribution in [0.25, 0.3) is 10.9 Å². The van der Waals surface area contributed by atoms with Crippen LogP contribution in [0.2, 0.25) is 0 Å². The largest absolute Gasteiger partial charge is 0.399 e. The Morgan fingerprint density at radius 2 is 2.17 bits per heavy atom. The quantitative estimate of drug-likeness (QED) is 0.537. The number of aryl methyl sites for hydroxylation is 1. The van der Waals surface area contributed by atoms with Crippen LogP contribution >= 0.6 is 11.8 Å². The van der Waals surface area contributed by atoms with Crippen molar-refractivity contribution in [3.63, 3.8) is 0 Å². The second kappa shape index (κ2) is 4.26. The molecular formula is C11H10N6S. The highest BCUT2D eigenvalue weighted by atomic mass is 32.2. The van der Waals surface area contributed by atoms with Gasteiger partial charge in [-0.25, -0.2) is 15.0 Å². The highest BCUT2D eigenvalue weighted by Gasteiger charge is 2.09. The molecule has 0 saturated heterocycles. The summed E-state index contributed by atoms with van der Waals surface area (Å²) in [6, 6.07) is 5.55. The van der Waals surface area contributed by atoms with Gasteiger partial charge < -0.3 is 5.73 Å². The lowest BCUT2D eigenvalue weighted by Gasteiger charge is -2.02. The SMILES string of the molecule is Cc1nc(Sc2ncnc3ccc(N)cc23)n[nH]1. The van der Waals surface area contributed by atoms with Crippen LogP contribution in [-0.4, -0.2) is 25.1 Å².